The Kier molecular flexibility index (Phi) is 5.41. The van der Waals surface area contributed by atoms with E-state index in [4.69, 9.17) is 0 Å². The lowest BCUT2D eigenvalue weighted by atomic mass is 9.89. The summed E-state index contributed by atoms with van der Waals surface area (Å²) in [5, 5.41) is 5.68. The Hall–Kier alpha value is -2.01. The maximum Gasteiger partial charge on any atom is 0.220 e. The molecule has 3 rings (SSSR count). The predicted octanol–water partition coefficient (Wildman–Crippen LogP) is 3.61. The van der Waals surface area contributed by atoms with Gasteiger partial charge in [0.15, 0.2) is 5.78 Å². The van der Waals surface area contributed by atoms with Crippen LogP contribution in [0.5, 0.6) is 0 Å². The Balaban J connectivity index is 1.49. The molecule has 1 aliphatic rings. The average Bonchev–Trinajstić information content (AvgIpc) is 3.02. The van der Waals surface area contributed by atoms with Gasteiger partial charge in [-0.1, -0.05) is 12.1 Å². The normalized spacial score (nSPS) is 13.4. The third-order valence-electron chi connectivity index (χ3n) is 4.35. The maximum atomic E-state index is 12.3. The highest BCUT2D eigenvalue weighted by Gasteiger charge is 2.14. The topological polar surface area (TPSA) is 59.1 Å². The van der Waals surface area contributed by atoms with Gasteiger partial charge in [-0.2, -0.15) is 0 Å². The molecule has 1 amide bonds. The van der Waals surface area contributed by atoms with E-state index in [0.717, 1.165) is 29.1 Å². The van der Waals surface area contributed by atoms with E-state index in [2.05, 4.69) is 16.4 Å². The molecule has 0 bridgehead atoms. The summed E-state index contributed by atoms with van der Waals surface area (Å²) in [5.41, 5.74) is 4.37. The molecule has 1 aliphatic carbocycles. The lowest BCUT2D eigenvalue weighted by Crippen LogP contribution is -2.23. The first-order chi connectivity index (χ1) is 11.6. The lowest BCUT2D eigenvalue weighted by molar-refractivity contribution is -0.121. The first kappa shape index (κ1) is 16.8. The maximum absolute atomic E-state index is 12.3. The van der Waals surface area contributed by atoms with Crippen molar-refractivity contribution in [2.24, 2.45) is 0 Å². The summed E-state index contributed by atoms with van der Waals surface area (Å²) < 4.78 is 0. The van der Waals surface area contributed by atoms with Crippen molar-refractivity contribution in [1.82, 2.24) is 10.3 Å². The molecule has 1 N–H and O–H groups in total. The highest BCUT2D eigenvalue weighted by atomic mass is 32.1. The summed E-state index contributed by atoms with van der Waals surface area (Å²) in [4.78, 5) is 28.5. The fourth-order valence-electron chi connectivity index (χ4n) is 3.02. The van der Waals surface area contributed by atoms with Gasteiger partial charge < -0.3 is 5.32 Å². The summed E-state index contributed by atoms with van der Waals surface area (Å²) in [7, 11) is 0. The van der Waals surface area contributed by atoms with E-state index in [1.54, 1.807) is 0 Å². The zero-order valence-corrected chi connectivity index (χ0v) is 14.7. The van der Waals surface area contributed by atoms with Crippen molar-refractivity contribution < 1.29 is 9.59 Å². The third-order valence-corrected chi connectivity index (χ3v) is 5.32. The molecule has 126 valence electrons. The van der Waals surface area contributed by atoms with Crippen molar-refractivity contribution in [3.05, 3.63) is 51.0 Å². The van der Waals surface area contributed by atoms with Crippen LogP contribution in [-0.2, 0) is 24.2 Å². The second-order valence-electron chi connectivity index (χ2n) is 6.27. The minimum absolute atomic E-state index is 0.0450. The van der Waals surface area contributed by atoms with Crippen LogP contribution in [0.3, 0.4) is 0 Å². The second-order valence-corrected chi connectivity index (χ2v) is 7.22. The van der Waals surface area contributed by atoms with Gasteiger partial charge >= 0.3 is 0 Å². The molecule has 2 aromatic rings. The molecule has 1 heterocycles. The first-order valence-electron chi connectivity index (χ1n) is 8.44. The Bertz CT molecular complexity index is 752. The molecule has 0 radical (unpaired) electrons. The molecule has 0 saturated heterocycles. The molecule has 0 spiro atoms. The number of benzene rings is 1. The molecule has 0 unspecified atom stereocenters. The van der Waals surface area contributed by atoms with Gasteiger partial charge in [0.1, 0.15) is 5.01 Å². The van der Waals surface area contributed by atoms with Crippen LogP contribution in [0.4, 0.5) is 0 Å². The number of hydrogen-bond acceptors (Lipinski definition) is 4. The van der Waals surface area contributed by atoms with Crippen molar-refractivity contribution in [2.45, 2.75) is 52.0 Å². The van der Waals surface area contributed by atoms with Crippen LogP contribution < -0.4 is 5.32 Å². The molecule has 1 aromatic carbocycles. The number of amides is 1. The van der Waals surface area contributed by atoms with Crippen molar-refractivity contribution in [3.63, 3.8) is 0 Å². The minimum atomic E-state index is -0.103. The van der Waals surface area contributed by atoms with Crippen molar-refractivity contribution >= 4 is 23.0 Å². The number of fused-ring (bicyclic) bond motifs is 1. The van der Waals surface area contributed by atoms with Crippen LogP contribution in [0.25, 0.3) is 0 Å². The number of nitrogens with zero attached hydrogens (tertiary/aromatic N) is 1. The van der Waals surface area contributed by atoms with Gasteiger partial charge in [0.05, 0.1) is 6.54 Å². The SMILES string of the molecule is Cc1csc(CNC(=O)CCC(=O)c2ccc3c(c2)CCCC3)n1. The second kappa shape index (κ2) is 7.71. The number of rotatable bonds is 6. The summed E-state index contributed by atoms with van der Waals surface area (Å²) in [6.07, 6.45) is 5.08. The monoisotopic (exact) mass is 342 g/mol. The summed E-state index contributed by atoms with van der Waals surface area (Å²) >= 11 is 1.53. The number of ketones is 1. The molecule has 5 heteroatoms. The van der Waals surface area contributed by atoms with Gasteiger partial charge in [-0.15, -0.1) is 11.3 Å². The fraction of sp³-hybridized carbons (Fsp3) is 0.421. The smallest absolute Gasteiger partial charge is 0.220 e. The summed E-state index contributed by atoms with van der Waals surface area (Å²) in [6.45, 7) is 2.36. The predicted molar refractivity (Wildman–Crippen MR) is 95.3 cm³/mol. The van der Waals surface area contributed by atoms with E-state index in [9.17, 15) is 9.59 Å². The van der Waals surface area contributed by atoms with Crippen molar-refractivity contribution in [2.75, 3.05) is 0 Å². The number of aromatic nitrogens is 1. The number of aryl methyl sites for hydroxylation is 3. The van der Waals surface area contributed by atoms with Crippen LogP contribution in [0.1, 0.15) is 57.9 Å². The van der Waals surface area contributed by atoms with Crippen LogP contribution >= 0.6 is 11.3 Å². The number of Topliss-reactive ketones (excluding diaryl/α,β-unsaturated/α-hetero) is 1. The van der Waals surface area contributed by atoms with Gasteiger partial charge in [0.25, 0.3) is 0 Å². The minimum Gasteiger partial charge on any atom is -0.350 e. The highest BCUT2D eigenvalue weighted by Crippen LogP contribution is 2.23. The van der Waals surface area contributed by atoms with E-state index in [0.29, 0.717) is 6.54 Å². The number of hydrogen-bond donors (Lipinski definition) is 1. The molecule has 0 saturated carbocycles. The van der Waals surface area contributed by atoms with Gasteiger partial charge in [-0.25, -0.2) is 4.98 Å². The van der Waals surface area contributed by atoms with Crippen molar-refractivity contribution in [1.29, 1.82) is 0 Å². The lowest BCUT2D eigenvalue weighted by Gasteiger charge is -2.16. The van der Waals surface area contributed by atoms with Gasteiger partial charge in [-0.3, -0.25) is 9.59 Å². The van der Waals surface area contributed by atoms with Crippen LogP contribution in [0, 0.1) is 6.92 Å². The first-order valence-corrected chi connectivity index (χ1v) is 9.32. The van der Waals surface area contributed by atoms with E-state index in [-0.39, 0.29) is 24.5 Å². The molecule has 0 atom stereocenters. The molecule has 4 nitrogen and oxygen atoms in total. The van der Waals surface area contributed by atoms with E-state index >= 15 is 0 Å². The number of carbonyl (C=O) groups is 2. The molecule has 0 fully saturated rings. The van der Waals surface area contributed by atoms with E-state index in [1.807, 2.05) is 24.4 Å². The van der Waals surface area contributed by atoms with Gasteiger partial charge in [-0.05, 0) is 49.8 Å². The molecule has 1 aromatic heterocycles. The Labute approximate surface area is 146 Å². The molecule has 24 heavy (non-hydrogen) atoms. The number of thiazole rings is 1. The quantitative estimate of drug-likeness (QED) is 0.816. The van der Waals surface area contributed by atoms with Crippen LogP contribution in [-0.4, -0.2) is 16.7 Å². The standard InChI is InChI=1S/C19H22N2O2S/c1-13-12-24-19(21-13)11-20-18(23)9-8-17(22)16-7-6-14-4-2-3-5-15(14)10-16/h6-7,10,12H,2-5,8-9,11H2,1H3,(H,20,23). The molecular formula is C19H22N2O2S. The largest absolute Gasteiger partial charge is 0.350 e. The number of nitrogens with one attached hydrogen (secondary N) is 1. The highest BCUT2D eigenvalue weighted by molar-refractivity contribution is 7.09. The zero-order valence-electron chi connectivity index (χ0n) is 13.9. The molecule has 0 aliphatic heterocycles. The Morgan fingerprint density at radius 3 is 2.71 bits per heavy atom. The number of carbonyl (C=O) groups excluding carboxylic acids is 2. The van der Waals surface area contributed by atoms with E-state index < -0.39 is 0 Å². The van der Waals surface area contributed by atoms with Crippen LogP contribution in [0.15, 0.2) is 23.6 Å². The van der Waals surface area contributed by atoms with Crippen LogP contribution in [0.2, 0.25) is 0 Å². The van der Waals surface area contributed by atoms with Gasteiger partial charge in [0, 0.05) is 29.5 Å². The Morgan fingerprint density at radius 1 is 1.17 bits per heavy atom. The molecular weight excluding hydrogens is 320 g/mol. The average molecular weight is 342 g/mol. The zero-order chi connectivity index (χ0) is 16.9. The third kappa shape index (κ3) is 4.29. The summed E-state index contributed by atoms with van der Waals surface area (Å²) in [5.74, 6) is -0.0576. The summed E-state index contributed by atoms with van der Waals surface area (Å²) in [6, 6.07) is 6.00. The Morgan fingerprint density at radius 2 is 1.96 bits per heavy atom. The van der Waals surface area contributed by atoms with Gasteiger partial charge in [0.2, 0.25) is 5.91 Å². The van der Waals surface area contributed by atoms with Crippen molar-refractivity contribution in [3.8, 4) is 0 Å². The fourth-order valence-corrected chi connectivity index (χ4v) is 3.74. The van der Waals surface area contributed by atoms with E-state index in [1.165, 1.54) is 35.3 Å².